The van der Waals surface area contributed by atoms with Gasteiger partial charge >= 0.3 is 0 Å². The van der Waals surface area contributed by atoms with Crippen LogP contribution in [0.3, 0.4) is 0 Å². The van der Waals surface area contributed by atoms with E-state index in [0.29, 0.717) is 26.3 Å². The molecule has 5 unspecified atom stereocenters. The van der Waals surface area contributed by atoms with E-state index in [9.17, 15) is 35.4 Å². The number of aliphatic hydroxyl groups is 4. The van der Waals surface area contributed by atoms with Gasteiger partial charge in [0.25, 0.3) is 0 Å². The lowest BCUT2D eigenvalue weighted by Gasteiger charge is -2.46. The van der Waals surface area contributed by atoms with Gasteiger partial charge in [-0.2, -0.15) is 0 Å². The van der Waals surface area contributed by atoms with E-state index in [1.807, 2.05) is 0 Å². The Labute approximate surface area is 253 Å². The van der Waals surface area contributed by atoms with Crippen molar-refractivity contribution in [3.8, 4) is 17.2 Å². The van der Waals surface area contributed by atoms with Crippen LogP contribution in [0.4, 0.5) is 0 Å². The zero-order valence-corrected chi connectivity index (χ0v) is 24.5. The van der Waals surface area contributed by atoms with E-state index in [0.717, 1.165) is 0 Å². The number of hydrogen-bond acceptors (Lipinski definition) is 13. The highest BCUT2D eigenvalue weighted by Crippen LogP contribution is 2.53. The number of aromatic hydroxyl groups is 2. The third kappa shape index (κ3) is 4.88. The number of carbonyl (C=O) groups is 1. The fourth-order valence-corrected chi connectivity index (χ4v) is 7.10. The first kappa shape index (κ1) is 30.9. The van der Waals surface area contributed by atoms with Crippen molar-refractivity contribution in [3.63, 3.8) is 0 Å². The first-order chi connectivity index (χ1) is 21.0. The molecule has 13 heteroatoms. The molecule has 2 aromatic rings. The molecule has 238 valence electrons. The van der Waals surface area contributed by atoms with Crippen LogP contribution in [0, 0.1) is 5.41 Å². The monoisotopic (exact) mass is 614 g/mol. The quantitative estimate of drug-likeness (QED) is 0.188. The molecule has 0 aromatic heterocycles. The van der Waals surface area contributed by atoms with Crippen molar-refractivity contribution >= 4 is 11.5 Å². The number of benzene rings is 2. The molecule has 0 bridgehead atoms. The number of ether oxygens (including phenoxy) is 4. The molecule has 0 spiro atoms. The van der Waals surface area contributed by atoms with Crippen LogP contribution in [0.2, 0.25) is 0 Å². The minimum absolute atomic E-state index is 0.0391. The number of nitrogens with zero attached hydrogens (tertiary/aromatic N) is 1. The van der Waals surface area contributed by atoms with Gasteiger partial charge in [0.2, 0.25) is 0 Å². The van der Waals surface area contributed by atoms with Gasteiger partial charge in [-0.15, -0.1) is 0 Å². The van der Waals surface area contributed by atoms with Crippen molar-refractivity contribution < 1.29 is 54.4 Å². The molecule has 2 saturated heterocycles. The van der Waals surface area contributed by atoms with Crippen molar-refractivity contribution in [3.05, 3.63) is 51.6 Å². The zero-order chi connectivity index (χ0) is 31.5. The maximum Gasteiger partial charge on any atom is 0.198 e. The van der Waals surface area contributed by atoms with Gasteiger partial charge in [-0.25, -0.2) is 0 Å². The number of hydrogen-bond donors (Lipinski definition) is 7. The third-order valence-corrected chi connectivity index (χ3v) is 9.45. The summed E-state index contributed by atoms with van der Waals surface area (Å²) in [5.74, 6) is -1.45. The highest BCUT2D eigenvalue weighted by molar-refractivity contribution is 6.32. The van der Waals surface area contributed by atoms with Gasteiger partial charge in [0, 0.05) is 55.1 Å². The Morgan fingerprint density at radius 1 is 1.16 bits per heavy atom. The average molecular weight is 615 g/mol. The van der Waals surface area contributed by atoms with E-state index in [4.69, 9.17) is 24.4 Å². The van der Waals surface area contributed by atoms with E-state index in [1.54, 1.807) is 19.1 Å². The second-order valence-electron chi connectivity index (χ2n) is 11.9. The predicted molar refractivity (Wildman–Crippen MR) is 153 cm³/mol. The molecule has 7 N–H and O–H groups in total. The minimum Gasteiger partial charge on any atom is -0.507 e. The van der Waals surface area contributed by atoms with Crippen LogP contribution < -0.4 is 4.74 Å². The van der Waals surface area contributed by atoms with Gasteiger partial charge in [0.15, 0.2) is 12.1 Å². The van der Waals surface area contributed by atoms with E-state index < -0.39 is 66.6 Å². The first-order valence-electron chi connectivity index (χ1n) is 14.7. The SMILES string of the molecule is COc1cccc2c1C(=N)c1c(O)c3c(c(O)c1C2=O)C[C@@](O)(C(O)CO)C[C@@H]3OC1CC(N2CCOCC2)C(O)C(C)O1. The minimum atomic E-state index is -2.01. The van der Waals surface area contributed by atoms with E-state index in [2.05, 4.69) is 4.90 Å². The second kappa shape index (κ2) is 11.7. The van der Waals surface area contributed by atoms with Gasteiger partial charge in [0.1, 0.15) is 23.4 Å². The number of morpholine rings is 1. The van der Waals surface area contributed by atoms with E-state index in [-0.39, 0.29) is 63.7 Å². The number of phenolic OH excluding ortho intramolecular Hbond substituents is 2. The molecule has 44 heavy (non-hydrogen) atoms. The van der Waals surface area contributed by atoms with Gasteiger partial charge in [-0.05, 0) is 13.0 Å². The molecule has 0 saturated carbocycles. The maximum atomic E-state index is 13.7. The van der Waals surface area contributed by atoms with Crippen LogP contribution in [0.1, 0.15) is 64.0 Å². The molecule has 2 heterocycles. The summed E-state index contributed by atoms with van der Waals surface area (Å²) in [5, 5.41) is 75.3. The zero-order valence-electron chi connectivity index (χ0n) is 24.5. The summed E-state index contributed by atoms with van der Waals surface area (Å²) in [5.41, 5.74) is -2.52. The standard InChI is InChI=1S/C31H38N2O11/c1-14-27(36)17(33-6-8-42-9-7-33)10-21(43-14)44-19-12-31(40,20(35)13-34)11-16-23(19)30(39)24-25(29(16)38)28(37)15-4-3-5-18(41-2)22(15)26(24)32/h3-5,14,17,19-21,27,32,34-36,38-40H,6-13H2,1-2H3/t14?,17?,19-,20?,21?,27?,31-/m0/s1. The largest absolute Gasteiger partial charge is 0.507 e. The van der Waals surface area contributed by atoms with Gasteiger partial charge < -0.3 is 49.6 Å². The van der Waals surface area contributed by atoms with Crippen LogP contribution in [0.5, 0.6) is 17.2 Å². The van der Waals surface area contributed by atoms with Crippen molar-refractivity contribution in [1.82, 2.24) is 4.90 Å². The fourth-order valence-electron chi connectivity index (χ4n) is 7.10. The number of rotatable bonds is 6. The maximum absolute atomic E-state index is 13.7. The highest BCUT2D eigenvalue weighted by Gasteiger charge is 2.50. The molecule has 2 aliphatic heterocycles. The van der Waals surface area contributed by atoms with Crippen LogP contribution in [-0.2, 0) is 20.6 Å². The van der Waals surface area contributed by atoms with Crippen LogP contribution in [0.15, 0.2) is 18.2 Å². The molecular formula is C31H38N2O11. The van der Waals surface area contributed by atoms with E-state index >= 15 is 0 Å². The average Bonchev–Trinajstić information content (AvgIpc) is 3.02. The Morgan fingerprint density at radius 3 is 2.57 bits per heavy atom. The van der Waals surface area contributed by atoms with Crippen molar-refractivity contribution in [1.29, 1.82) is 5.41 Å². The Bertz CT molecular complexity index is 1480. The summed E-state index contributed by atoms with van der Waals surface area (Å²) in [6.45, 7) is 3.17. The van der Waals surface area contributed by atoms with Crippen LogP contribution >= 0.6 is 0 Å². The fraction of sp³-hybridized carbons (Fsp3) is 0.548. The molecule has 7 atom stereocenters. The Hall–Kier alpha value is -3.14. The lowest BCUT2D eigenvalue weighted by atomic mass is 9.71. The molecule has 4 aliphatic rings. The van der Waals surface area contributed by atoms with Crippen LogP contribution in [-0.4, -0.2) is 123 Å². The predicted octanol–water partition coefficient (Wildman–Crippen LogP) is 0.352. The molecule has 6 rings (SSSR count). The number of fused-ring (bicyclic) bond motifs is 3. The summed E-state index contributed by atoms with van der Waals surface area (Å²) >= 11 is 0. The number of methoxy groups -OCH3 is 1. The van der Waals surface area contributed by atoms with Crippen molar-refractivity contribution in [2.24, 2.45) is 0 Å². The summed E-state index contributed by atoms with van der Waals surface area (Å²) in [7, 11) is 1.40. The summed E-state index contributed by atoms with van der Waals surface area (Å²) < 4.78 is 23.3. The van der Waals surface area contributed by atoms with Gasteiger partial charge in [-0.3, -0.25) is 15.1 Å². The van der Waals surface area contributed by atoms with Gasteiger partial charge in [-0.1, -0.05) is 12.1 Å². The first-order valence-corrected chi connectivity index (χ1v) is 14.7. The number of ketones is 1. The Morgan fingerprint density at radius 2 is 1.89 bits per heavy atom. The van der Waals surface area contributed by atoms with Crippen molar-refractivity contribution in [2.45, 2.75) is 68.5 Å². The normalized spacial score (nSPS) is 31.2. The third-order valence-electron chi connectivity index (χ3n) is 9.45. The summed E-state index contributed by atoms with van der Waals surface area (Å²) in [6, 6.07) is 4.32. The summed E-state index contributed by atoms with van der Waals surface area (Å²) in [6.07, 6.45) is -5.74. The lowest BCUT2D eigenvalue weighted by molar-refractivity contribution is -0.263. The molecule has 0 radical (unpaired) electrons. The van der Waals surface area contributed by atoms with Gasteiger partial charge in [0.05, 0.1) is 73.2 Å². The highest BCUT2D eigenvalue weighted by atomic mass is 16.7. The molecule has 0 amide bonds. The molecular weight excluding hydrogens is 576 g/mol. The second-order valence-corrected chi connectivity index (χ2v) is 11.9. The molecule has 2 aliphatic carbocycles. The Kier molecular flexibility index (Phi) is 8.18. The molecule has 2 aromatic carbocycles. The number of aliphatic hydroxyl groups excluding tert-OH is 3. The smallest absolute Gasteiger partial charge is 0.198 e. The lowest BCUT2D eigenvalue weighted by Crippen LogP contribution is -2.58. The number of phenols is 2. The van der Waals surface area contributed by atoms with Crippen LogP contribution in [0.25, 0.3) is 0 Å². The number of nitrogens with one attached hydrogen (secondary N) is 1. The number of carbonyl (C=O) groups excluding carboxylic acids is 1. The Balaban J connectivity index is 1.44. The van der Waals surface area contributed by atoms with Crippen molar-refractivity contribution in [2.75, 3.05) is 40.0 Å². The molecule has 13 nitrogen and oxygen atoms in total. The van der Waals surface area contributed by atoms with E-state index in [1.165, 1.54) is 13.2 Å². The molecule has 2 fully saturated rings. The topological polar surface area (TPSA) is 202 Å². The summed E-state index contributed by atoms with van der Waals surface area (Å²) in [4.78, 5) is 15.8.